The van der Waals surface area contributed by atoms with E-state index in [1.54, 1.807) is 4.90 Å². The minimum absolute atomic E-state index is 0.00671. The third-order valence-electron chi connectivity index (χ3n) is 5.10. The number of carbonyl (C=O) groups is 2. The van der Waals surface area contributed by atoms with Crippen molar-refractivity contribution >= 4 is 11.9 Å². The number of hydrogen-bond donors (Lipinski definition) is 0. The number of fused-ring (bicyclic) bond motifs is 1. The van der Waals surface area contributed by atoms with Gasteiger partial charge >= 0.3 is 5.97 Å². The maximum Gasteiger partial charge on any atom is 0.312 e. The van der Waals surface area contributed by atoms with Crippen molar-refractivity contribution in [1.82, 2.24) is 4.90 Å². The zero-order valence-electron chi connectivity index (χ0n) is 12.0. The van der Waals surface area contributed by atoms with E-state index >= 15 is 0 Å². The van der Waals surface area contributed by atoms with Gasteiger partial charge in [-0.3, -0.25) is 9.59 Å². The van der Waals surface area contributed by atoms with E-state index in [2.05, 4.69) is 0 Å². The van der Waals surface area contributed by atoms with E-state index in [0.717, 1.165) is 19.4 Å². The molecule has 1 spiro atoms. The molecule has 1 amide bonds. The Bertz CT molecular complexity index is 512. The molecule has 3 fully saturated rings. The summed E-state index contributed by atoms with van der Waals surface area (Å²) in [5, 5.41) is 0. The standard InChI is InChI=1S/C15H19NO5/c1-19-14(18)11-10-4-5-15(21-10)8-16(13(17)12(11)15)7-9-3-2-6-20-9/h4-5,9-12H,2-3,6-8H2,1H3/t9-,10-,11-,12-,15+/m0/s1. The number of nitrogens with zero attached hydrogens (tertiary/aromatic N) is 1. The van der Waals surface area contributed by atoms with Crippen molar-refractivity contribution in [2.45, 2.75) is 30.7 Å². The van der Waals surface area contributed by atoms with Crippen molar-refractivity contribution in [2.75, 3.05) is 26.8 Å². The van der Waals surface area contributed by atoms with Gasteiger partial charge in [0.25, 0.3) is 0 Å². The molecule has 3 saturated heterocycles. The molecule has 0 aromatic heterocycles. The van der Waals surface area contributed by atoms with Gasteiger partial charge < -0.3 is 19.1 Å². The Morgan fingerprint density at radius 3 is 3.14 bits per heavy atom. The number of ether oxygens (including phenoxy) is 3. The summed E-state index contributed by atoms with van der Waals surface area (Å²) < 4.78 is 16.4. The minimum atomic E-state index is -0.640. The molecule has 0 N–H and O–H groups in total. The summed E-state index contributed by atoms with van der Waals surface area (Å²) in [6.07, 6.45) is 5.67. The van der Waals surface area contributed by atoms with Crippen molar-refractivity contribution in [2.24, 2.45) is 11.8 Å². The van der Waals surface area contributed by atoms with Gasteiger partial charge in [-0.2, -0.15) is 0 Å². The average Bonchev–Trinajstić information content (AvgIpc) is 3.22. The molecule has 0 aliphatic carbocycles. The SMILES string of the molecule is COC(=O)[C@H]1[C@@H]2C=C[C@]3(CN(C[C@@H]4CCCO4)C(=O)[C@H]13)O2. The first-order chi connectivity index (χ1) is 10.1. The zero-order valence-corrected chi connectivity index (χ0v) is 12.0. The van der Waals surface area contributed by atoms with Crippen molar-refractivity contribution in [3.63, 3.8) is 0 Å². The van der Waals surface area contributed by atoms with Crippen LogP contribution >= 0.6 is 0 Å². The lowest BCUT2D eigenvalue weighted by Gasteiger charge is -2.23. The van der Waals surface area contributed by atoms with E-state index in [-0.39, 0.29) is 24.1 Å². The first-order valence-corrected chi connectivity index (χ1v) is 7.50. The highest BCUT2D eigenvalue weighted by molar-refractivity contribution is 5.91. The lowest BCUT2D eigenvalue weighted by atomic mass is 9.77. The molecule has 5 atom stereocenters. The van der Waals surface area contributed by atoms with E-state index < -0.39 is 17.4 Å². The second-order valence-electron chi connectivity index (χ2n) is 6.28. The predicted octanol–water partition coefficient (Wildman–Crippen LogP) is 0.120. The van der Waals surface area contributed by atoms with Crippen LogP contribution in [0.3, 0.4) is 0 Å². The van der Waals surface area contributed by atoms with Crippen LogP contribution in [0.4, 0.5) is 0 Å². The summed E-state index contributed by atoms with van der Waals surface area (Å²) in [6.45, 7) is 1.87. The maximum atomic E-state index is 12.7. The van der Waals surface area contributed by atoms with Crippen LogP contribution in [0.1, 0.15) is 12.8 Å². The third-order valence-corrected chi connectivity index (χ3v) is 5.10. The third kappa shape index (κ3) is 1.78. The van der Waals surface area contributed by atoms with Crippen LogP contribution in [0.5, 0.6) is 0 Å². The van der Waals surface area contributed by atoms with Crippen molar-refractivity contribution in [3.05, 3.63) is 12.2 Å². The first kappa shape index (κ1) is 13.3. The smallest absolute Gasteiger partial charge is 0.312 e. The molecular formula is C15H19NO5. The monoisotopic (exact) mass is 293 g/mol. The molecule has 2 bridgehead atoms. The highest BCUT2D eigenvalue weighted by Gasteiger charge is 2.67. The zero-order chi connectivity index (χ0) is 14.6. The average molecular weight is 293 g/mol. The van der Waals surface area contributed by atoms with Crippen molar-refractivity contribution in [1.29, 1.82) is 0 Å². The molecule has 4 heterocycles. The Hall–Kier alpha value is -1.40. The first-order valence-electron chi connectivity index (χ1n) is 7.50. The molecule has 4 aliphatic rings. The van der Waals surface area contributed by atoms with E-state index in [1.807, 2.05) is 12.2 Å². The lowest BCUT2D eigenvalue weighted by Crippen LogP contribution is -2.40. The van der Waals surface area contributed by atoms with Gasteiger partial charge in [-0.05, 0) is 12.8 Å². The van der Waals surface area contributed by atoms with E-state index in [0.29, 0.717) is 13.1 Å². The predicted molar refractivity (Wildman–Crippen MR) is 71.3 cm³/mol. The molecule has 6 heteroatoms. The van der Waals surface area contributed by atoms with Gasteiger partial charge in [0.1, 0.15) is 11.5 Å². The van der Waals surface area contributed by atoms with Gasteiger partial charge in [-0.1, -0.05) is 12.2 Å². The summed E-state index contributed by atoms with van der Waals surface area (Å²) >= 11 is 0. The van der Waals surface area contributed by atoms with Crippen LogP contribution in [0.2, 0.25) is 0 Å². The second kappa shape index (κ2) is 4.55. The lowest BCUT2D eigenvalue weighted by molar-refractivity contribution is -0.151. The van der Waals surface area contributed by atoms with Gasteiger partial charge in [0, 0.05) is 13.2 Å². The second-order valence-corrected chi connectivity index (χ2v) is 6.28. The number of esters is 1. The number of rotatable bonds is 3. The Balaban J connectivity index is 1.57. The fourth-order valence-corrected chi connectivity index (χ4v) is 4.17. The summed E-state index contributed by atoms with van der Waals surface area (Å²) in [5.41, 5.74) is -0.640. The van der Waals surface area contributed by atoms with Gasteiger partial charge in [-0.25, -0.2) is 0 Å². The molecule has 6 nitrogen and oxygen atoms in total. The highest BCUT2D eigenvalue weighted by Crippen LogP contribution is 2.52. The van der Waals surface area contributed by atoms with Crippen LogP contribution in [0, 0.1) is 11.8 Å². The van der Waals surface area contributed by atoms with Crippen LogP contribution in [-0.2, 0) is 23.8 Å². The van der Waals surface area contributed by atoms with Crippen LogP contribution < -0.4 is 0 Å². The van der Waals surface area contributed by atoms with Gasteiger partial charge in [0.05, 0.1) is 31.8 Å². The minimum Gasteiger partial charge on any atom is -0.469 e. The number of amides is 1. The van der Waals surface area contributed by atoms with Crippen LogP contribution in [0.15, 0.2) is 12.2 Å². The quantitative estimate of drug-likeness (QED) is 0.546. The molecular weight excluding hydrogens is 274 g/mol. The van der Waals surface area contributed by atoms with Gasteiger partial charge in [-0.15, -0.1) is 0 Å². The molecule has 0 radical (unpaired) electrons. The molecule has 0 aromatic carbocycles. The molecule has 0 saturated carbocycles. The molecule has 114 valence electrons. The number of hydrogen-bond acceptors (Lipinski definition) is 5. The largest absolute Gasteiger partial charge is 0.469 e. The summed E-state index contributed by atoms with van der Waals surface area (Å²) in [5.74, 6) is -1.32. The van der Waals surface area contributed by atoms with Gasteiger partial charge in [0.15, 0.2) is 0 Å². The summed E-state index contributed by atoms with van der Waals surface area (Å²) in [4.78, 5) is 26.5. The Morgan fingerprint density at radius 1 is 1.57 bits per heavy atom. The maximum absolute atomic E-state index is 12.7. The topological polar surface area (TPSA) is 65.1 Å². The fraction of sp³-hybridized carbons (Fsp3) is 0.733. The molecule has 0 unspecified atom stereocenters. The number of likely N-dealkylation sites (tertiary alicyclic amines) is 1. The normalized spacial score (nSPS) is 43.7. The number of methoxy groups -OCH3 is 1. The number of carbonyl (C=O) groups excluding carboxylic acids is 2. The van der Waals surface area contributed by atoms with Crippen molar-refractivity contribution in [3.8, 4) is 0 Å². The Kier molecular flexibility index (Phi) is 2.87. The summed E-state index contributed by atoms with van der Waals surface area (Å²) in [6, 6.07) is 0. The Labute approximate surface area is 123 Å². The van der Waals surface area contributed by atoms with E-state index in [4.69, 9.17) is 14.2 Å². The highest BCUT2D eigenvalue weighted by atomic mass is 16.5. The summed E-state index contributed by atoms with van der Waals surface area (Å²) in [7, 11) is 1.36. The molecule has 0 aromatic rings. The van der Waals surface area contributed by atoms with E-state index in [9.17, 15) is 9.59 Å². The van der Waals surface area contributed by atoms with Gasteiger partial charge in [0.2, 0.25) is 5.91 Å². The van der Waals surface area contributed by atoms with Crippen LogP contribution in [-0.4, -0.2) is 61.4 Å². The van der Waals surface area contributed by atoms with Crippen LogP contribution in [0.25, 0.3) is 0 Å². The Morgan fingerprint density at radius 2 is 2.43 bits per heavy atom. The van der Waals surface area contributed by atoms with E-state index in [1.165, 1.54) is 7.11 Å². The molecule has 21 heavy (non-hydrogen) atoms. The van der Waals surface area contributed by atoms with Crippen molar-refractivity contribution < 1.29 is 23.8 Å². The molecule has 4 rings (SSSR count). The fourth-order valence-electron chi connectivity index (χ4n) is 4.17. The molecule has 4 aliphatic heterocycles.